The summed E-state index contributed by atoms with van der Waals surface area (Å²) < 4.78 is 18.0. The first-order valence-corrected chi connectivity index (χ1v) is 5.21. The summed E-state index contributed by atoms with van der Waals surface area (Å²) in [7, 11) is 0. The van der Waals surface area contributed by atoms with Crippen molar-refractivity contribution in [3.63, 3.8) is 0 Å². The largest absolute Gasteiger partial charge is 0.464 e. The number of ether oxygens (including phenoxy) is 1. The number of carbonyl (C=O) groups is 1. The second kappa shape index (κ2) is 6.06. The van der Waals surface area contributed by atoms with Gasteiger partial charge in [-0.25, -0.2) is 9.18 Å². The van der Waals surface area contributed by atoms with Crippen molar-refractivity contribution >= 4 is 11.7 Å². The van der Waals surface area contributed by atoms with Gasteiger partial charge in [0.15, 0.2) is 0 Å². The molecule has 0 aromatic heterocycles. The predicted octanol–water partition coefficient (Wildman–Crippen LogP) is 1.53. The molecule has 0 saturated heterocycles. The van der Waals surface area contributed by atoms with E-state index in [0.717, 1.165) is 6.07 Å². The molecule has 1 aromatic rings. The van der Waals surface area contributed by atoms with Crippen molar-refractivity contribution in [2.75, 3.05) is 6.61 Å². The zero-order valence-electron chi connectivity index (χ0n) is 9.58. The monoisotopic (exact) mass is 257 g/mol. The van der Waals surface area contributed by atoms with Gasteiger partial charge >= 0.3 is 5.97 Å². The fourth-order valence-electron chi connectivity index (χ4n) is 1.41. The molecule has 98 valence electrons. The van der Waals surface area contributed by atoms with Gasteiger partial charge in [-0.2, -0.15) is 0 Å². The van der Waals surface area contributed by atoms with Gasteiger partial charge in [-0.15, -0.1) is 0 Å². The minimum atomic E-state index is -2.36. The standard InChI is InChI=1S/C11H12FNO5/c1-2-18-11(15)9(12)10(14)7-5-3-4-6-8(7)13(16)17/h3-6,9-10,14H,2H2,1H3/t9-,10+/m0/s1. The van der Waals surface area contributed by atoms with Crippen LogP contribution in [-0.2, 0) is 9.53 Å². The molecule has 0 unspecified atom stereocenters. The highest BCUT2D eigenvalue weighted by Gasteiger charge is 2.33. The van der Waals surface area contributed by atoms with Gasteiger partial charge in [0, 0.05) is 6.07 Å². The zero-order chi connectivity index (χ0) is 13.7. The van der Waals surface area contributed by atoms with Gasteiger partial charge in [-0.1, -0.05) is 12.1 Å². The fourth-order valence-corrected chi connectivity index (χ4v) is 1.41. The van der Waals surface area contributed by atoms with Crippen LogP contribution in [0.2, 0.25) is 0 Å². The Morgan fingerprint density at radius 1 is 1.56 bits per heavy atom. The number of rotatable bonds is 5. The predicted molar refractivity (Wildman–Crippen MR) is 59.6 cm³/mol. The summed E-state index contributed by atoms with van der Waals surface area (Å²) >= 11 is 0. The summed E-state index contributed by atoms with van der Waals surface area (Å²) in [4.78, 5) is 21.1. The van der Waals surface area contributed by atoms with Crippen LogP contribution in [0.25, 0.3) is 0 Å². The minimum Gasteiger partial charge on any atom is -0.464 e. The van der Waals surface area contributed by atoms with Crippen LogP contribution < -0.4 is 0 Å². The molecule has 0 aliphatic heterocycles. The molecular weight excluding hydrogens is 245 g/mol. The first-order valence-electron chi connectivity index (χ1n) is 5.21. The molecule has 0 radical (unpaired) electrons. The first-order chi connectivity index (χ1) is 8.49. The van der Waals surface area contributed by atoms with Crippen molar-refractivity contribution in [1.82, 2.24) is 0 Å². The van der Waals surface area contributed by atoms with Crippen LogP contribution in [0.3, 0.4) is 0 Å². The number of nitrogens with zero attached hydrogens (tertiary/aromatic N) is 1. The first kappa shape index (κ1) is 14.0. The summed E-state index contributed by atoms with van der Waals surface area (Å²) in [6.45, 7) is 1.45. The van der Waals surface area contributed by atoms with Crippen LogP contribution in [0.15, 0.2) is 24.3 Å². The van der Waals surface area contributed by atoms with E-state index in [9.17, 15) is 24.4 Å². The van der Waals surface area contributed by atoms with E-state index in [2.05, 4.69) is 4.74 Å². The minimum absolute atomic E-state index is 0.0388. The number of aliphatic hydroxyl groups is 1. The van der Waals surface area contributed by atoms with Crippen LogP contribution in [0.5, 0.6) is 0 Å². The maximum absolute atomic E-state index is 13.6. The van der Waals surface area contributed by atoms with Crippen molar-refractivity contribution in [2.24, 2.45) is 0 Å². The Balaban J connectivity index is 2.99. The molecule has 18 heavy (non-hydrogen) atoms. The summed E-state index contributed by atoms with van der Waals surface area (Å²) in [5.41, 5.74) is -0.708. The number of hydrogen-bond donors (Lipinski definition) is 1. The molecule has 2 atom stereocenters. The molecule has 7 heteroatoms. The van der Waals surface area contributed by atoms with Gasteiger partial charge in [0.25, 0.3) is 5.69 Å². The van der Waals surface area contributed by atoms with E-state index < -0.39 is 28.9 Å². The van der Waals surface area contributed by atoms with Crippen molar-refractivity contribution in [3.05, 3.63) is 39.9 Å². The highest BCUT2D eigenvalue weighted by Crippen LogP contribution is 2.28. The van der Waals surface area contributed by atoms with Gasteiger partial charge in [0.1, 0.15) is 6.10 Å². The Labute approximate surface area is 102 Å². The average Bonchev–Trinajstić information content (AvgIpc) is 2.37. The molecular formula is C11H12FNO5. The van der Waals surface area contributed by atoms with Crippen LogP contribution >= 0.6 is 0 Å². The summed E-state index contributed by atoms with van der Waals surface area (Å²) in [6, 6.07) is 5.10. The zero-order valence-corrected chi connectivity index (χ0v) is 9.58. The Morgan fingerprint density at radius 2 is 2.17 bits per heavy atom. The Bertz CT molecular complexity index is 451. The molecule has 1 aromatic carbocycles. The Kier molecular flexibility index (Phi) is 4.73. The van der Waals surface area contributed by atoms with Gasteiger partial charge < -0.3 is 9.84 Å². The van der Waals surface area contributed by atoms with Crippen LogP contribution in [0, 0.1) is 10.1 Å². The Morgan fingerprint density at radius 3 is 2.72 bits per heavy atom. The summed E-state index contributed by atoms with van der Waals surface area (Å²) in [5.74, 6) is -1.25. The molecule has 0 aliphatic carbocycles. The van der Waals surface area contributed by atoms with Crippen molar-refractivity contribution in [1.29, 1.82) is 0 Å². The van der Waals surface area contributed by atoms with E-state index in [0.29, 0.717) is 0 Å². The van der Waals surface area contributed by atoms with Crippen molar-refractivity contribution in [2.45, 2.75) is 19.2 Å². The fraction of sp³-hybridized carbons (Fsp3) is 0.364. The van der Waals surface area contributed by atoms with E-state index in [1.807, 2.05) is 0 Å². The maximum atomic E-state index is 13.6. The third-order valence-corrected chi connectivity index (χ3v) is 2.24. The highest BCUT2D eigenvalue weighted by molar-refractivity contribution is 5.75. The molecule has 1 rings (SSSR count). The maximum Gasteiger partial charge on any atom is 0.343 e. The second-order valence-corrected chi connectivity index (χ2v) is 3.41. The van der Waals surface area contributed by atoms with E-state index >= 15 is 0 Å². The normalized spacial score (nSPS) is 13.7. The quantitative estimate of drug-likeness (QED) is 0.490. The third-order valence-electron chi connectivity index (χ3n) is 2.24. The number of nitro groups is 1. The average molecular weight is 257 g/mol. The van der Waals surface area contributed by atoms with Crippen molar-refractivity contribution in [3.8, 4) is 0 Å². The molecule has 0 aliphatic rings. The van der Waals surface area contributed by atoms with Gasteiger partial charge in [-0.3, -0.25) is 10.1 Å². The number of alkyl halides is 1. The molecule has 0 fully saturated rings. The molecule has 1 N–H and O–H groups in total. The lowest BCUT2D eigenvalue weighted by Gasteiger charge is -2.14. The number of aliphatic hydroxyl groups excluding tert-OH is 1. The highest BCUT2D eigenvalue weighted by atomic mass is 19.1. The number of para-hydroxylation sites is 1. The van der Waals surface area contributed by atoms with Gasteiger partial charge in [-0.05, 0) is 13.0 Å². The lowest BCUT2D eigenvalue weighted by atomic mass is 10.0. The molecule has 6 nitrogen and oxygen atoms in total. The Hall–Kier alpha value is -2.02. The van der Waals surface area contributed by atoms with E-state index in [1.165, 1.54) is 25.1 Å². The topological polar surface area (TPSA) is 89.7 Å². The van der Waals surface area contributed by atoms with Crippen LogP contribution in [0.4, 0.5) is 10.1 Å². The summed E-state index contributed by atoms with van der Waals surface area (Å²) in [6.07, 6.45) is -4.28. The number of esters is 1. The number of hydrogen-bond acceptors (Lipinski definition) is 5. The molecule has 0 saturated carbocycles. The van der Waals surface area contributed by atoms with Gasteiger partial charge in [0.05, 0.1) is 17.1 Å². The number of carbonyl (C=O) groups excluding carboxylic acids is 1. The molecule has 0 spiro atoms. The second-order valence-electron chi connectivity index (χ2n) is 3.41. The van der Waals surface area contributed by atoms with Crippen LogP contribution in [0.1, 0.15) is 18.6 Å². The van der Waals surface area contributed by atoms with E-state index in [-0.39, 0.29) is 12.2 Å². The van der Waals surface area contributed by atoms with Crippen LogP contribution in [-0.4, -0.2) is 28.8 Å². The van der Waals surface area contributed by atoms with Crippen molar-refractivity contribution < 1.29 is 24.0 Å². The summed E-state index contributed by atoms with van der Waals surface area (Å²) in [5, 5.41) is 20.3. The lowest BCUT2D eigenvalue weighted by molar-refractivity contribution is -0.386. The third kappa shape index (κ3) is 3.01. The van der Waals surface area contributed by atoms with E-state index in [4.69, 9.17) is 0 Å². The lowest BCUT2D eigenvalue weighted by Crippen LogP contribution is -2.26. The number of halogens is 1. The molecule has 0 bridgehead atoms. The smallest absolute Gasteiger partial charge is 0.343 e. The number of nitro benzene ring substituents is 1. The molecule has 0 heterocycles. The van der Waals surface area contributed by atoms with Gasteiger partial charge in [0.2, 0.25) is 6.17 Å². The molecule has 0 amide bonds. The SMILES string of the molecule is CCOC(=O)[C@@H](F)[C@H](O)c1ccccc1[N+](=O)[O-]. The van der Waals surface area contributed by atoms with E-state index in [1.54, 1.807) is 0 Å². The number of benzene rings is 1.